The van der Waals surface area contributed by atoms with E-state index in [1.54, 1.807) is 56.4 Å². The lowest BCUT2D eigenvalue weighted by Crippen LogP contribution is -2.30. The summed E-state index contributed by atoms with van der Waals surface area (Å²) in [5, 5.41) is 2.85. The first-order chi connectivity index (χ1) is 20.8. The van der Waals surface area contributed by atoms with E-state index in [0.717, 1.165) is 17.5 Å². The first kappa shape index (κ1) is 30.9. The summed E-state index contributed by atoms with van der Waals surface area (Å²) in [5.41, 5.74) is 3.81. The standard InChI is InChI=1S/C34H36N2O7/c1-23-32(34(39)42-4)28(33(38)36(23)19-17-26-12-15-29(40-2)30(21-26)41-3)20-25-10-13-27(14-11-25)43-22-31(37)35-18-16-24-8-6-5-7-9-24/h5-15,20-21H,16-19,22H2,1-4H3,(H,35,37)/b28-20-. The third kappa shape index (κ3) is 7.82. The highest BCUT2D eigenvalue weighted by Crippen LogP contribution is 2.33. The van der Waals surface area contributed by atoms with E-state index in [1.807, 2.05) is 48.5 Å². The maximum atomic E-state index is 13.5. The van der Waals surface area contributed by atoms with Gasteiger partial charge in [0, 0.05) is 18.8 Å². The van der Waals surface area contributed by atoms with Crippen LogP contribution in [0.25, 0.3) is 6.08 Å². The minimum absolute atomic E-state index is 0.114. The molecule has 0 radical (unpaired) electrons. The Labute approximate surface area is 251 Å². The van der Waals surface area contributed by atoms with Crippen molar-refractivity contribution in [1.29, 1.82) is 0 Å². The molecule has 2 amide bonds. The number of nitrogens with zero attached hydrogens (tertiary/aromatic N) is 1. The predicted molar refractivity (Wildman–Crippen MR) is 163 cm³/mol. The van der Waals surface area contributed by atoms with E-state index in [4.69, 9.17) is 18.9 Å². The molecule has 0 saturated heterocycles. The Bertz CT molecular complexity index is 1510. The second-order valence-corrected chi connectivity index (χ2v) is 9.85. The SMILES string of the molecule is COC(=O)C1=C(C)N(CCc2ccc(OC)c(OC)c2)C(=O)/C1=C\c1ccc(OCC(=O)NCCc2ccccc2)cc1. The zero-order chi connectivity index (χ0) is 30.8. The number of allylic oxidation sites excluding steroid dienone is 1. The normalized spacial score (nSPS) is 13.7. The highest BCUT2D eigenvalue weighted by atomic mass is 16.5. The lowest BCUT2D eigenvalue weighted by Gasteiger charge is -2.18. The molecule has 0 atom stereocenters. The molecular weight excluding hydrogens is 548 g/mol. The maximum absolute atomic E-state index is 13.5. The second kappa shape index (κ2) is 14.7. The number of carbonyl (C=O) groups is 3. The van der Waals surface area contributed by atoms with Crippen molar-refractivity contribution < 1.29 is 33.3 Å². The average molecular weight is 585 g/mol. The molecule has 1 aliphatic rings. The molecule has 9 nitrogen and oxygen atoms in total. The minimum Gasteiger partial charge on any atom is -0.493 e. The fraction of sp³-hybridized carbons (Fsp3) is 0.265. The molecule has 224 valence electrons. The largest absolute Gasteiger partial charge is 0.493 e. The van der Waals surface area contributed by atoms with Gasteiger partial charge in [-0.25, -0.2) is 4.79 Å². The summed E-state index contributed by atoms with van der Waals surface area (Å²) in [4.78, 5) is 40.0. The van der Waals surface area contributed by atoms with Crippen LogP contribution in [-0.4, -0.2) is 63.7 Å². The van der Waals surface area contributed by atoms with Crippen LogP contribution in [0.3, 0.4) is 0 Å². The highest BCUT2D eigenvalue weighted by molar-refractivity contribution is 6.16. The summed E-state index contributed by atoms with van der Waals surface area (Å²) in [5.74, 6) is 0.655. The maximum Gasteiger partial charge on any atom is 0.340 e. The Morgan fingerprint density at radius 2 is 1.58 bits per heavy atom. The zero-order valence-electron chi connectivity index (χ0n) is 24.8. The molecule has 43 heavy (non-hydrogen) atoms. The number of esters is 1. The van der Waals surface area contributed by atoms with Gasteiger partial charge in [-0.1, -0.05) is 48.5 Å². The lowest BCUT2D eigenvalue weighted by atomic mass is 10.0. The van der Waals surface area contributed by atoms with Crippen molar-refractivity contribution in [3.63, 3.8) is 0 Å². The van der Waals surface area contributed by atoms with Crippen molar-refractivity contribution >= 4 is 23.9 Å². The van der Waals surface area contributed by atoms with Crippen LogP contribution in [0.2, 0.25) is 0 Å². The van der Waals surface area contributed by atoms with Crippen molar-refractivity contribution in [3.05, 3.63) is 106 Å². The molecule has 1 aliphatic heterocycles. The van der Waals surface area contributed by atoms with E-state index in [9.17, 15) is 14.4 Å². The van der Waals surface area contributed by atoms with Gasteiger partial charge < -0.3 is 29.2 Å². The second-order valence-electron chi connectivity index (χ2n) is 9.85. The molecule has 0 bridgehead atoms. The van der Waals surface area contributed by atoms with Gasteiger partial charge in [0.15, 0.2) is 18.1 Å². The Balaban J connectivity index is 1.39. The fourth-order valence-electron chi connectivity index (χ4n) is 4.79. The number of methoxy groups -OCH3 is 3. The number of carbonyl (C=O) groups excluding carboxylic acids is 3. The minimum atomic E-state index is -0.580. The monoisotopic (exact) mass is 584 g/mol. The molecule has 4 rings (SSSR count). The molecule has 0 fully saturated rings. The first-order valence-corrected chi connectivity index (χ1v) is 13.9. The van der Waals surface area contributed by atoms with Gasteiger partial charge in [0.25, 0.3) is 11.8 Å². The average Bonchev–Trinajstić information content (AvgIpc) is 3.27. The van der Waals surface area contributed by atoms with E-state index in [1.165, 1.54) is 7.11 Å². The zero-order valence-corrected chi connectivity index (χ0v) is 24.8. The van der Waals surface area contributed by atoms with Crippen molar-refractivity contribution in [1.82, 2.24) is 10.2 Å². The van der Waals surface area contributed by atoms with Crippen LogP contribution in [0.15, 0.2) is 89.6 Å². The Morgan fingerprint density at radius 3 is 2.26 bits per heavy atom. The molecule has 0 saturated carbocycles. The summed E-state index contributed by atoms with van der Waals surface area (Å²) >= 11 is 0. The molecule has 0 aromatic heterocycles. The quantitative estimate of drug-likeness (QED) is 0.235. The Kier molecular flexibility index (Phi) is 10.6. The van der Waals surface area contributed by atoms with Crippen LogP contribution >= 0.6 is 0 Å². The molecule has 0 aliphatic carbocycles. The van der Waals surface area contributed by atoms with E-state index in [-0.39, 0.29) is 29.6 Å². The van der Waals surface area contributed by atoms with Crippen LogP contribution in [0.5, 0.6) is 17.2 Å². The van der Waals surface area contributed by atoms with Gasteiger partial charge in [-0.3, -0.25) is 9.59 Å². The van der Waals surface area contributed by atoms with Crippen molar-refractivity contribution in [2.75, 3.05) is 41.0 Å². The smallest absolute Gasteiger partial charge is 0.340 e. The highest BCUT2D eigenvalue weighted by Gasteiger charge is 2.36. The molecule has 9 heteroatoms. The number of benzene rings is 3. The van der Waals surface area contributed by atoms with Crippen molar-refractivity contribution in [2.45, 2.75) is 19.8 Å². The van der Waals surface area contributed by atoms with Crippen molar-refractivity contribution in [2.24, 2.45) is 0 Å². The summed E-state index contributed by atoms with van der Waals surface area (Å²) in [6.45, 7) is 2.50. The molecule has 0 unspecified atom stereocenters. The van der Waals surface area contributed by atoms with Gasteiger partial charge in [-0.05, 0) is 66.8 Å². The third-order valence-electron chi connectivity index (χ3n) is 7.11. The number of amides is 2. The first-order valence-electron chi connectivity index (χ1n) is 13.9. The Morgan fingerprint density at radius 1 is 0.860 bits per heavy atom. The van der Waals surface area contributed by atoms with Crippen LogP contribution in [0.1, 0.15) is 23.6 Å². The summed E-state index contributed by atoms with van der Waals surface area (Å²) in [6, 6.07) is 22.5. The molecule has 3 aromatic rings. The van der Waals surface area contributed by atoms with Gasteiger partial charge in [-0.15, -0.1) is 0 Å². The Hall–Kier alpha value is -5.05. The summed E-state index contributed by atoms with van der Waals surface area (Å²) in [6.07, 6.45) is 2.94. The van der Waals surface area contributed by atoms with Gasteiger partial charge >= 0.3 is 5.97 Å². The van der Waals surface area contributed by atoms with Crippen LogP contribution < -0.4 is 19.5 Å². The van der Waals surface area contributed by atoms with E-state index >= 15 is 0 Å². The molecule has 0 spiro atoms. The van der Waals surface area contributed by atoms with Crippen LogP contribution in [-0.2, 0) is 32.0 Å². The van der Waals surface area contributed by atoms with E-state index in [2.05, 4.69) is 5.32 Å². The number of nitrogens with one attached hydrogen (secondary N) is 1. The fourth-order valence-corrected chi connectivity index (χ4v) is 4.79. The summed E-state index contributed by atoms with van der Waals surface area (Å²) < 4.78 is 21.3. The summed E-state index contributed by atoms with van der Waals surface area (Å²) in [7, 11) is 4.44. The molecule has 1 heterocycles. The molecular formula is C34H36N2O7. The number of rotatable bonds is 13. The van der Waals surface area contributed by atoms with E-state index < -0.39 is 5.97 Å². The lowest BCUT2D eigenvalue weighted by molar-refractivity contribution is -0.136. The molecule has 1 N–H and O–H groups in total. The number of ether oxygens (including phenoxy) is 4. The number of hydrogen-bond acceptors (Lipinski definition) is 7. The van der Waals surface area contributed by atoms with Crippen LogP contribution in [0, 0.1) is 0 Å². The molecule has 3 aromatic carbocycles. The van der Waals surface area contributed by atoms with Gasteiger partial charge in [0.2, 0.25) is 0 Å². The van der Waals surface area contributed by atoms with Crippen LogP contribution in [0.4, 0.5) is 0 Å². The van der Waals surface area contributed by atoms with Crippen molar-refractivity contribution in [3.8, 4) is 17.2 Å². The van der Waals surface area contributed by atoms with Gasteiger partial charge in [0.05, 0.1) is 32.5 Å². The van der Waals surface area contributed by atoms with Gasteiger partial charge in [-0.2, -0.15) is 0 Å². The van der Waals surface area contributed by atoms with Gasteiger partial charge in [0.1, 0.15) is 5.75 Å². The van der Waals surface area contributed by atoms with E-state index in [0.29, 0.717) is 48.0 Å². The predicted octanol–water partition coefficient (Wildman–Crippen LogP) is 4.36. The number of hydrogen-bond donors (Lipinski definition) is 1. The topological polar surface area (TPSA) is 103 Å². The third-order valence-corrected chi connectivity index (χ3v) is 7.11.